The first-order valence-corrected chi connectivity index (χ1v) is 11.0. The first-order valence-electron chi connectivity index (χ1n) is 9.43. The Balaban J connectivity index is 2.13. The molecule has 0 aliphatic carbocycles. The SMILES string of the molecule is CCOc1ccc2c(Cc3cc(OC)c(OC)c(OC)c3)cncc2c1NS(N)(=O)=O. The smallest absolute Gasteiger partial charge is 0.296 e. The van der Waals surface area contributed by atoms with Gasteiger partial charge in [0.1, 0.15) is 11.4 Å². The minimum Gasteiger partial charge on any atom is -0.493 e. The normalized spacial score (nSPS) is 11.3. The Bertz CT molecular complexity index is 1170. The van der Waals surface area contributed by atoms with E-state index < -0.39 is 10.2 Å². The molecule has 1 heterocycles. The summed E-state index contributed by atoms with van der Waals surface area (Å²) >= 11 is 0. The molecule has 9 nitrogen and oxygen atoms in total. The second-order valence-electron chi connectivity index (χ2n) is 6.62. The van der Waals surface area contributed by atoms with E-state index in [9.17, 15) is 8.42 Å². The summed E-state index contributed by atoms with van der Waals surface area (Å²) in [6.45, 7) is 2.17. The molecule has 1 aromatic heterocycles. The Kier molecular flexibility index (Phi) is 6.71. The van der Waals surface area contributed by atoms with Crippen molar-refractivity contribution in [3.05, 3.63) is 47.8 Å². The fourth-order valence-corrected chi connectivity index (χ4v) is 3.90. The van der Waals surface area contributed by atoms with E-state index in [0.717, 1.165) is 16.5 Å². The molecule has 0 amide bonds. The summed E-state index contributed by atoms with van der Waals surface area (Å²) in [6.07, 6.45) is 3.79. The van der Waals surface area contributed by atoms with Gasteiger partial charge in [-0.05, 0) is 48.1 Å². The second kappa shape index (κ2) is 9.27. The number of fused-ring (bicyclic) bond motifs is 1. The number of methoxy groups -OCH3 is 3. The highest BCUT2D eigenvalue weighted by molar-refractivity contribution is 7.90. The van der Waals surface area contributed by atoms with Crippen molar-refractivity contribution in [1.29, 1.82) is 0 Å². The lowest BCUT2D eigenvalue weighted by Gasteiger charge is -2.16. The van der Waals surface area contributed by atoms with E-state index in [1.165, 1.54) is 0 Å². The van der Waals surface area contributed by atoms with Gasteiger partial charge in [-0.1, -0.05) is 6.07 Å². The van der Waals surface area contributed by atoms with Crippen LogP contribution in [0.1, 0.15) is 18.1 Å². The summed E-state index contributed by atoms with van der Waals surface area (Å²) in [5.74, 6) is 1.96. The highest BCUT2D eigenvalue weighted by atomic mass is 32.2. The van der Waals surface area contributed by atoms with Gasteiger partial charge in [-0.2, -0.15) is 8.42 Å². The van der Waals surface area contributed by atoms with Crippen LogP contribution in [0, 0.1) is 0 Å². The largest absolute Gasteiger partial charge is 0.493 e. The lowest BCUT2D eigenvalue weighted by atomic mass is 9.99. The van der Waals surface area contributed by atoms with Crippen LogP contribution in [0.2, 0.25) is 0 Å². The Morgan fingerprint density at radius 3 is 2.19 bits per heavy atom. The molecule has 3 rings (SSSR count). The molecule has 0 aliphatic rings. The van der Waals surface area contributed by atoms with E-state index in [1.807, 2.05) is 25.1 Å². The van der Waals surface area contributed by atoms with Crippen LogP contribution in [0.3, 0.4) is 0 Å². The molecule has 10 heteroatoms. The van der Waals surface area contributed by atoms with Crippen molar-refractivity contribution in [1.82, 2.24) is 4.98 Å². The summed E-state index contributed by atoms with van der Waals surface area (Å²) in [4.78, 5) is 4.30. The molecule has 0 saturated heterocycles. The molecule has 0 saturated carbocycles. The van der Waals surface area contributed by atoms with Gasteiger partial charge in [0, 0.05) is 17.8 Å². The zero-order valence-corrected chi connectivity index (χ0v) is 18.6. The lowest BCUT2D eigenvalue weighted by Crippen LogP contribution is -2.22. The van der Waals surface area contributed by atoms with Gasteiger partial charge in [-0.15, -0.1) is 0 Å². The van der Waals surface area contributed by atoms with E-state index in [4.69, 9.17) is 24.1 Å². The number of rotatable bonds is 9. The number of nitrogens with one attached hydrogen (secondary N) is 1. The van der Waals surface area contributed by atoms with Gasteiger partial charge in [0.15, 0.2) is 11.5 Å². The maximum Gasteiger partial charge on any atom is 0.296 e. The second-order valence-corrected chi connectivity index (χ2v) is 7.92. The number of nitrogens with two attached hydrogens (primary N) is 1. The number of aromatic nitrogens is 1. The highest BCUT2D eigenvalue weighted by Crippen LogP contribution is 2.40. The maximum absolute atomic E-state index is 11.7. The summed E-state index contributed by atoms with van der Waals surface area (Å²) < 4.78 is 47.6. The van der Waals surface area contributed by atoms with Gasteiger partial charge < -0.3 is 18.9 Å². The molecule has 0 spiro atoms. The quantitative estimate of drug-likeness (QED) is 0.517. The summed E-state index contributed by atoms with van der Waals surface area (Å²) in [6, 6.07) is 7.29. The molecule has 0 fully saturated rings. The van der Waals surface area contributed by atoms with Crippen LogP contribution in [0.15, 0.2) is 36.7 Å². The van der Waals surface area contributed by atoms with Crippen molar-refractivity contribution in [3.8, 4) is 23.0 Å². The maximum atomic E-state index is 11.7. The molecule has 31 heavy (non-hydrogen) atoms. The van der Waals surface area contributed by atoms with Crippen molar-refractivity contribution in [2.24, 2.45) is 5.14 Å². The first kappa shape index (κ1) is 22.4. The van der Waals surface area contributed by atoms with Crippen LogP contribution in [0.5, 0.6) is 23.0 Å². The van der Waals surface area contributed by atoms with Crippen LogP contribution in [0.25, 0.3) is 10.8 Å². The molecule has 2 aromatic carbocycles. The number of hydrogen-bond acceptors (Lipinski definition) is 7. The van der Waals surface area contributed by atoms with Gasteiger partial charge in [0.2, 0.25) is 5.75 Å². The molecule has 3 aromatic rings. The molecular formula is C21H25N3O6S. The number of ether oxygens (including phenoxy) is 4. The molecule has 0 radical (unpaired) electrons. The van der Waals surface area contributed by atoms with Gasteiger partial charge in [-0.3, -0.25) is 9.71 Å². The van der Waals surface area contributed by atoms with Crippen LogP contribution in [-0.2, 0) is 16.6 Å². The Morgan fingerprint density at radius 2 is 1.65 bits per heavy atom. The van der Waals surface area contributed by atoms with Crippen LogP contribution < -0.4 is 28.8 Å². The molecular weight excluding hydrogens is 422 g/mol. The number of anilines is 1. The summed E-state index contributed by atoms with van der Waals surface area (Å²) in [5.41, 5.74) is 2.02. The Labute approximate surface area is 181 Å². The highest BCUT2D eigenvalue weighted by Gasteiger charge is 2.17. The Hall–Kier alpha value is -3.24. The van der Waals surface area contributed by atoms with E-state index in [0.29, 0.717) is 41.4 Å². The van der Waals surface area contributed by atoms with Crippen LogP contribution in [0.4, 0.5) is 5.69 Å². The van der Waals surface area contributed by atoms with Crippen molar-refractivity contribution < 1.29 is 27.4 Å². The summed E-state index contributed by atoms with van der Waals surface area (Å²) in [5, 5.41) is 6.60. The van der Waals surface area contributed by atoms with E-state index in [2.05, 4.69) is 9.71 Å². The zero-order valence-electron chi connectivity index (χ0n) is 17.8. The van der Waals surface area contributed by atoms with E-state index in [1.54, 1.807) is 39.8 Å². The molecule has 0 bridgehead atoms. The van der Waals surface area contributed by atoms with Crippen LogP contribution >= 0.6 is 0 Å². The fourth-order valence-electron chi connectivity index (χ4n) is 3.41. The molecule has 166 valence electrons. The molecule has 0 atom stereocenters. The average Bonchev–Trinajstić information content (AvgIpc) is 2.74. The number of benzene rings is 2. The van der Waals surface area contributed by atoms with Crippen LogP contribution in [-0.4, -0.2) is 41.3 Å². The topological polar surface area (TPSA) is 122 Å². The van der Waals surface area contributed by atoms with E-state index >= 15 is 0 Å². The van der Waals surface area contributed by atoms with Gasteiger partial charge in [-0.25, -0.2) is 5.14 Å². The minimum atomic E-state index is -4.01. The van der Waals surface area contributed by atoms with Crippen molar-refractivity contribution in [2.45, 2.75) is 13.3 Å². The predicted octanol–water partition coefficient (Wildman–Crippen LogP) is 2.87. The molecule has 3 N–H and O–H groups in total. The van der Waals surface area contributed by atoms with E-state index in [-0.39, 0.29) is 5.69 Å². The third-order valence-electron chi connectivity index (χ3n) is 4.65. The van der Waals surface area contributed by atoms with Crippen molar-refractivity contribution >= 4 is 26.7 Å². The minimum absolute atomic E-state index is 0.251. The number of pyridine rings is 1. The lowest BCUT2D eigenvalue weighted by molar-refractivity contribution is 0.324. The van der Waals surface area contributed by atoms with Gasteiger partial charge in [0.25, 0.3) is 10.2 Å². The third-order valence-corrected chi connectivity index (χ3v) is 5.14. The van der Waals surface area contributed by atoms with Crippen molar-refractivity contribution in [3.63, 3.8) is 0 Å². The third kappa shape index (κ3) is 4.92. The van der Waals surface area contributed by atoms with Crippen molar-refractivity contribution in [2.75, 3.05) is 32.7 Å². The summed E-state index contributed by atoms with van der Waals surface area (Å²) in [7, 11) is 0.648. The zero-order chi connectivity index (χ0) is 22.6. The molecule has 0 unspecified atom stereocenters. The number of nitrogens with zero attached hydrogens (tertiary/aromatic N) is 1. The van der Waals surface area contributed by atoms with Gasteiger partial charge >= 0.3 is 0 Å². The predicted molar refractivity (Wildman–Crippen MR) is 119 cm³/mol. The van der Waals surface area contributed by atoms with Gasteiger partial charge in [0.05, 0.1) is 27.9 Å². The Morgan fingerprint density at radius 1 is 0.968 bits per heavy atom. The average molecular weight is 448 g/mol. The molecule has 0 aliphatic heterocycles. The monoisotopic (exact) mass is 447 g/mol. The number of hydrogen-bond donors (Lipinski definition) is 2. The first-order chi connectivity index (χ1) is 14.8. The fraction of sp³-hybridized carbons (Fsp3) is 0.286. The standard InChI is InChI=1S/C21H25N3O6S/c1-5-30-17-7-6-15-14(11-23-12-16(15)20(17)24-31(22,25)26)8-13-9-18(27-2)21(29-4)19(10-13)28-3/h6-7,9-12,24H,5,8H2,1-4H3,(H2,22,25,26).